The second-order valence-electron chi connectivity index (χ2n) is 7.24. The number of hydroxylamine groups is 1. The quantitative estimate of drug-likeness (QED) is 0.106. The van der Waals surface area contributed by atoms with Crippen molar-refractivity contribution in [3.63, 3.8) is 0 Å². The van der Waals surface area contributed by atoms with Gasteiger partial charge in [0.05, 0.1) is 24.3 Å². The second kappa shape index (κ2) is 13.4. The first-order chi connectivity index (χ1) is 18.2. The molecule has 0 atom stereocenters. The van der Waals surface area contributed by atoms with E-state index in [0.29, 0.717) is 11.1 Å². The highest BCUT2D eigenvalue weighted by molar-refractivity contribution is 6.30. The van der Waals surface area contributed by atoms with Crippen molar-refractivity contribution in [2.24, 2.45) is 4.99 Å². The lowest BCUT2D eigenvalue weighted by Crippen LogP contribution is -2.15. The number of nitrogens with zero attached hydrogens (tertiary/aromatic N) is 2. The Balaban J connectivity index is 1.55. The molecule has 3 aromatic rings. The molecule has 2 aromatic carbocycles. The Morgan fingerprint density at radius 1 is 1.11 bits per heavy atom. The molecule has 1 aromatic heterocycles. The van der Waals surface area contributed by atoms with Gasteiger partial charge in [-0.1, -0.05) is 29.8 Å². The van der Waals surface area contributed by atoms with Crippen molar-refractivity contribution < 1.29 is 46.3 Å². The summed E-state index contributed by atoms with van der Waals surface area (Å²) in [6.45, 7) is 1.17. The first-order valence-electron chi connectivity index (χ1n) is 11.0. The third-order valence-electron chi connectivity index (χ3n) is 4.57. The van der Waals surface area contributed by atoms with Gasteiger partial charge in [0.2, 0.25) is 0 Å². The van der Waals surface area contributed by atoms with Crippen molar-refractivity contribution in [1.29, 1.82) is 0 Å². The highest BCUT2D eigenvalue weighted by atomic mass is 35.5. The zero-order chi connectivity index (χ0) is 27.5. The molecule has 0 aliphatic carbocycles. The second-order valence-corrected chi connectivity index (χ2v) is 7.68. The van der Waals surface area contributed by atoms with Crippen LogP contribution in [0.5, 0.6) is 5.88 Å². The SMILES string of the molecule is CCOC(=O)c1c(OCCOC(=O)c2cccc(C(F)(F)F)c2)noc1/N=C/NOCc1ccc(Cl)cc1. The number of aromatic nitrogens is 1. The molecule has 0 bridgehead atoms. The molecule has 0 radical (unpaired) electrons. The van der Waals surface area contributed by atoms with E-state index in [-0.39, 0.29) is 49.3 Å². The Hall–Kier alpha value is -4.10. The van der Waals surface area contributed by atoms with Crippen LogP contribution in [0.4, 0.5) is 19.1 Å². The van der Waals surface area contributed by atoms with Crippen LogP contribution in [0.3, 0.4) is 0 Å². The predicted molar refractivity (Wildman–Crippen MR) is 127 cm³/mol. The van der Waals surface area contributed by atoms with Crippen molar-refractivity contribution in [1.82, 2.24) is 10.6 Å². The summed E-state index contributed by atoms with van der Waals surface area (Å²) >= 11 is 5.83. The predicted octanol–water partition coefficient (Wildman–Crippen LogP) is 5.14. The molecule has 3 rings (SSSR count). The first kappa shape index (κ1) is 28.5. The van der Waals surface area contributed by atoms with Crippen molar-refractivity contribution in [3.8, 4) is 5.88 Å². The number of carbonyl (C=O) groups excluding carboxylic acids is 2. The van der Waals surface area contributed by atoms with Crippen molar-refractivity contribution >= 4 is 35.8 Å². The molecule has 0 spiro atoms. The smallest absolute Gasteiger partial charge is 0.416 e. The van der Waals surface area contributed by atoms with Gasteiger partial charge in [-0.15, -0.1) is 0 Å². The average molecular weight is 556 g/mol. The Morgan fingerprint density at radius 3 is 2.58 bits per heavy atom. The van der Waals surface area contributed by atoms with Crippen LogP contribution in [-0.2, 0) is 27.1 Å². The van der Waals surface area contributed by atoms with Gasteiger partial charge < -0.3 is 18.7 Å². The van der Waals surface area contributed by atoms with E-state index in [1.54, 1.807) is 31.2 Å². The van der Waals surface area contributed by atoms with E-state index >= 15 is 0 Å². The number of ether oxygens (including phenoxy) is 3. The summed E-state index contributed by atoms with van der Waals surface area (Å²) in [6.07, 6.45) is -3.49. The molecule has 202 valence electrons. The summed E-state index contributed by atoms with van der Waals surface area (Å²) in [5.74, 6) is -2.35. The van der Waals surface area contributed by atoms with Gasteiger partial charge in [0.1, 0.15) is 19.6 Å². The molecule has 38 heavy (non-hydrogen) atoms. The number of aliphatic imine (C=N–C) groups is 1. The van der Waals surface area contributed by atoms with Crippen molar-refractivity contribution in [2.45, 2.75) is 19.7 Å². The normalized spacial score (nSPS) is 11.4. The van der Waals surface area contributed by atoms with Gasteiger partial charge in [-0.2, -0.15) is 18.2 Å². The topological polar surface area (TPSA) is 121 Å². The summed E-state index contributed by atoms with van der Waals surface area (Å²) in [5.41, 5.74) is 1.81. The van der Waals surface area contributed by atoms with Crippen LogP contribution in [0.2, 0.25) is 5.02 Å². The minimum absolute atomic E-state index is 0.0453. The van der Waals surface area contributed by atoms with Crippen LogP contribution < -0.4 is 10.2 Å². The first-order valence-corrected chi connectivity index (χ1v) is 11.3. The van der Waals surface area contributed by atoms with Gasteiger partial charge >= 0.3 is 18.1 Å². The molecular weight excluding hydrogens is 535 g/mol. The van der Waals surface area contributed by atoms with E-state index in [4.69, 9.17) is 35.2 Å². The molecule has 14 heteroatoms. The van der Waals surface area contributed by atoms with Gasteiger partial charge in [0.25, 0.3) is 11.8 Å². The van der Waals surface area contributed by atoms with E-state index in [2.05, 4.69) is 15.6 Å². The number of alkyl halides is 3. The number of carbonyl (C=O) groups is 2. The van der Waals surface area contributed by atoms with Gasteiger partial charge in [-0.05, 0) is 48.0 Å². The number of nitrogens with one attached hydrogen (secondary N) is 1. The van der Waals surface area contributed by atoms with E-state index in [0.717, 1.165) is 24.0 Å². The van der Waals surface area contributed by atoms with Gasteiger partial charge in [0, 0.05) is 5.02 Å². The fourth-order valence-corrected chi connectivity index (χ4v) is 2.96. The van der Waals surface area contributed by atoms with Gasteiger partial charge in [0.15, 0.2) is 5.56 Å². The van der Waals surface area contributed by atoms with Crippen molar-refractivity contribution in [2.75, 3.05) is 19.8 Å². The lowest BCUT2D eigenvalue weighted by Gasteiger charge is -2.09. The average Bonchev–Trinajstić information content (AvgIpc) is 3.29. The molecule has 1 N–H and O–H groups in total. The van der Waals surface area contributed by atoms with Crippen molar-refractivity contribution in [3.05, 3.63) is 75.8 Å². The molecule has 0 fully saturated rings. The van der Waals surface area contributed by atoms with Crippen LogP contribution in [0.1, 0.15) is 38.8 Å². The Bertz CT molecular complexity index is 1260. The Kier molecular flexibility index (Phi) is 10.1. The van der Waals surface area contributed by atoms with Crippen LogP contribution in [0.15, 0.2) is 58.0 Å². The van der Waals surface area contributed by atoms with Crippen LogP contribution in [-0.4, -0.2) is 43.3 Å². The van der Waals surface area contributed by atoms with Crippen LogP contribution in [0, 0.1) is 0 Å². The highest BCUT2D eigenvalue weighted by Gasteiger charge is 2.31. The van der Waals surface area contributed by atoms with E-state index in [1.807, 2.05) is 0 Å². The summed E-state index contributed by atoms with van der Waals surface area (Å²) in [4.78, 5) is 33.6. The monoisotopic (exact) mass is 555 g/mol. The maximum atomic E-state index is 12.8. The molecule has 0 saturated carbocycles. The van der Waals surface area contributed by atoms with Crippen LogP contribution in [0.25, 0.3) is 0 Å². The van der Waals surface area contributed by atoms with Gasteiger partial charge in [-0.25, -0.2) is 9.59 Å². The number of hydrogen-bond acceptors (Lipinski definition) is 9. The number of esters is 2. The molecule has 1 heterocycles. The van der Waals surface area contributed by atoms with Gasteiger partial charge in [-0.3, -0.25) is 10.3 Å². The Morgan fingerprint density at radius 2 is 1.87 bits per heavy atom. The zero-order valence-corrected chi connectivity index (χ0v) is 20.5. The van der Waals surface area contributed by atoms with Crippen LogP contribution >= 0.6 is 11.6 Å². The summed E-state index contributed by atoms with van der Waals surface area (Å²) < 4.78 is 58.8. The lowest BCUT2D eigenvalue weighted by atomic mass is 10.1. The highest BCUT2D eigenvalue weighted by Crippen LogP contribution is 2.30. The zero-order valence-electron chi connectivity index (χ0n) is 19.8. The third kappa shape index (κ3) is 8.21. The standard InChI is InChI=1S/C24H21ClF3N3O7/c1-2-34-23(33)19-20(29-14-30-37-13-15-6-8-18(25)9-7-15)38-31-21(19)35-10-11-36-22(32)16-4-3-5-17(12-16)24(26,27)28/h3-9,12,14H,2,10-11,13H2,1H3,(H,29,30). The largest absolute Gasteiger partial charge is 0.471 e. The minimum Gasteiger partial charge on any atom is -0.471 e. The van der Waals surface area contributed by atoms with E-state index in [1.165, 1.54) is 6.07 Å². The molecule has 0 aliphatic heterocycles. The molecular formula is C24H21ClF3N3O7. The maximum absolute atomic E-state index is 12.8. The molecule has 0 unspecified atom stereocenters. The fourth-order valence-electron chi connectivity index (χ4n) is 2.84. The lowest BCUT2D eigenvalue weighted by molar-refractivity contribution is -0.137. The number of hydrogen-bond donors (Lipinski definition) is 1. The Labute approximate surface area is 219 Å². The number of benzene rings is 2. The summed E-state index contributed by atoms with van der Waals surface area (Å²) in [7, 11) is 0. The fraction of sp³-hybridized carbons (Fsp3) is 0.250. The molecule has 0 aliphatic rings. The summed E-state index contributed by atoms with van der Waals surface area (Å²) in [6, 6.07) is 10.8. The number of rotatable bonds is 12. The molecule has 0 saturated heterocycles. The summed E-state index contributed by atoms with van der Waals surface area (Å²) in [5, 5.41) is 4.22. The van der Waals surface area contributed by atoms with E-state index in [9.17, 15) is 22.8 Å². The third-order valence-corrected chi connectivity index (χ3v) is 4.83. The minimum atomic E-state index is -4.60. The molecule has 10 nitrogen and oxygen atoms in total. The number of halogens is 4. The molecule has 0 amide bonds. The maximum Gasteiger partial charge on any atom is 0.416 e. The van der Waals surface area contributed by atoms with E-state index < -0.39 is 23.7 Å².